The first-order valence-corrected chi connectivity index (χ1v) is 9.96. The molecule has 0 aliphatic carbocycles. The lowest BCUT2D eigenvalue weighted by atomic mass is 10.2. The van der Waals surface area contributed by atoms with Crippen LogP contribution in [0.5, 0.6) is 0 Å². The maximum Gasteiger partial charge on any atom is 0.261 e. The highest BCUT2D eigenvalue weighted by atomic mass is 35.5. The Bertz CT molecular complexity index is 896. The van der Waals surface area contributed by atoms with E-state index in [4.69, 9.17) is 11.6 Å². The highest BCUT2D eigenvalue weighted by Gasteiger charge is 2.17. The van der Waals surface area contributed by atoms with Crippen molar-refractivity contribution < 1.29 is 13.6 Å². The minimum Gasteiger partial charge on any atom is -0.298 e. The van der Waals surface area contributed by atoms with Gasteiger partial charge in [0.05, 0.1) is 16.3 Å². The SMILES string of the molecule is O=C(Nc1nc(CSCc2ccc(F)cc2)cs1)c1c(F)cccc1Cl. The lowest BCUT2D eigenvalue weighted by molar-refractivity contribution is 0.102. The summed E-state index contributed by atoms with van der Waals surface area (Å²) in [5.74, 6) is -0.197. The number of amides is 1. The number of hydrogen-bond donors (Lipinski definition) is 1. The largest absolute Gasteiger partial charge is 0.298 e. The van der Waals surface area contributed by atoms with Gasteiger partial charge in [-0.1, -0.05) is 29.8 Å². The Morgan fingerprint density at radius 2 is 1.92 bits per heavy atom. The normalized spacial score (nSPS) is 10.7. The molecule has 1 amide bonds. The molecule has 3 aromatic rings. The van der Waals surface area contributed by atoms with E-state index >= 15 is 0 Å². The molecule has 0 saturated heterocycles. The highest BCUT2D eigenvalue weighted by Crippen LogP contribution is 2.24. The monoisotopic (exact) mass is 410 g/mol. The molecular weight excluding hydrogens is 398 g/mol. The van der Waals surface area contributed by atoms with Crippen LogP contribution in [0.25, 0.3) is 0 Å². The van der Waals surface area contributed by atoms with Gasteiger partial charge in [0, 0.05) is 16.9 Å². The fourth-order valence-corrected chi connectivity index (χ4v) is 4.11. The van der Waals surface area contributed by atoms with Crippen molar-refractivity contribution >= 4 is 45.7 Å². The van der Waals surface area contributed by atoms with Gasteiger partial charge in [0.15, 0.2) is 5.13 Å². The van der Waals surface area contributed by atoms with E-state index in [1.807, 2.05) is 5.38 Å². The molecule has 8 heteroatoms. The number of benzene rings is 2. The van der Waals surface area contributed by atoms with E-state index in [0.717, 1.165) is 17.0 Å². The Labute approximate surface area is 162 Å². The lowest BCUT2D eigenvalue weighted by Crippen LogP contribution is -2.14. The van der Waals surface area contributed by atoms with Crippen molar-refractivity contribution in [1.29, 1.82) is 0 Å². The van der Waals surface area contributed by atoms with E-state index in [-0.39, 0.29) is 16.4 Å². The van der Waals surface area contributed by atoms with Gasteiger partial charge >= 0.3 is 0 Å². The second-order valence-electron chi connectivity index (χ2n) is 5.31. The van der Waals surface area contributed by atoms with Gasteiger partial charge in [-0.25, -0.2) is 13.8 Å². The number of nitrogens with zero attached hydrogens (tertiary/aromatic N) is 1. The second-order valence-corrected chi connectivity index (χ2v) is 7.56. The number of aromatic nitrogens is 1. The third-order valence-corrected chi connectivity index (χ3v) is 5.55. The number of thiazole rings is 1. The summed E-state index contributed by atoms with van der Waals surface area (Å²) in [5.41, 5.74) is 1.63. The van der Waals surface area contributed by atoms with Crippen LogP contribution in [-0.2, 0) is 11.5 Å². The molecule has 0 unspecified atom stereocenters. The average Bonchev–Trinajstić information content (AvgIpc) is 3.04. The van der Waals surface area contributed by atoms with Crippen molar-refractivity contribution in [2.24, 2.45) is 0 Å². The standard InChI is InChI=1S/C18H13ClF2N2OS2/c19-14-2-1-3-15(21)16(14)17(24)23-18-22-13(10-26-18)9-25-8-11-4-6-12(20)7-5-11/h1-7,10H,8-9H2,(H,22,23,24). The molecule has 134 valence electrons. The maximum atomic E-state index is 13.8. The molecular formula is C18H13ClF2N2OS2. The molecule has 3 rings (SSSR count). The fraction of sp³-hybridized carbons (Fsp3) is 0.111. The van der Waals surface area contributed by atoms with E-state index in [0.29, 0.717) is 10.9 Å². The first kappa shape index (κ1) is 18.8. The Hall–Kier alpha value is -1.96. The van der Waals surface area contributed by atoms with Gasteiger partial charge in [0.25, 0.3) is 5.91 Å². The molecule has 2 aromatic carbocycles. The molecule has 0 radical (unpaired) electrons. The third kappa shape index (κ3) is 4.81. The molecule has 0 aliphatic rings. The van der Waals surface area contributed by atoms with Crippen LogP contribution in [0.1, 0.15) is 21.6 Å². The zero-order valence-electron chi connectivity index (χ0n) is 13.3. The minimum absolute atomic E-state index is 0.0501. The lowest BCUT2D eigenvalue weighted by Gasteiger charge is -2.05. The molecule has 1 heterocycles. The van der Waals surface area contributed by atoms with Gasteiger partial charge in [-0.05, 0) is 29.8 Å². The topological polar surface area (TPSA) is 42.0 Å². The van der Waals surface area contributed by atoms with Crippen LogP contribution in [0.3, 0.4) is 0 Å². The van der Waals surface area contributed by atoms with Crippen LogP contribution in [0.2, 0.25) is 5.02 Å². The maximum absolute atomic E-state index is 13.8. The van der Waals surface area contributed by atoms with Crippen LogP contribution in [0.4, 0.5) is 13.9 Å². The zero-order valence-corrected chi connectivity index (χ0v) is 15.7. The number of rotatable bonds is 6. The predicted molar refractivity (Wildman–Crippen MR) is 103 cm³/mol. The van der Waals surface area contributed by atoms with Crippen molar-refractivity contribution in [2.75, 3.05) is 5.32 Å². The summed E-state index contributed by atoms with van der Waals surface area (Å²) >= 11 is 8.78. The average molecular weight is 411 g/mol. The molecule has 0 fully saturated rings. The van der Waals surface area contributed by atoms with Crippen LogP contribution in [0, 0.1) is 11.6 Å². The highest BCUT2D eigenvalue weighted by molar-refractivity contribution is 7.97. The number of nitrogens with one attached hydrogen (secondary N) is 1. The number of thioether (sulfide) groups is 1. The molecule has 0 bridgehead atoms. The van der Waals surface area contributed by atoms with Crippen LogP contribution >= 0.6 is 34.7 Å². The van der Waals surface area contributed by atoms with Crippen molar-refractivity contribution in [3.05, 3.63) is 81.3 Å². The molecule has 1 N–H and O–H groups in total. The second kappa shape index (κ2) is 8.62. The van der Waals surface area contributed by atoms with Crippen LogP contribution < -0.4 is 5.32 Å². The fourth-order valence-electron chi connectivity index (χ4n) is 2.16. The van der Waals surface area contributed by atoms with Gasteiger partial charge in [-0.2, -0.15) is 11.8 Å². The summed E-state index contributed by atoms with van der Waals surface area (Å²) < 4.78 is 26.6. The quantitative estimate of drug-likeness (QED) is 0.561. The Balaban J connectivity index is 1.56. The molecule has 1 aromatic heterocycles. The van der Waals surface area contributed by atoms with E-state index in [2.05, 4.69) is 10.3 Å². The minimum atomic E-state index is -0.679. The van der Waals surface area contributed by atoms with Crippen molar-refractivity contribution in [1.82, 2.24) is 4.98 Å². The number of anilines is 1. The smallest absolute Gasteiger partial charge is 0.261 e. The molecule has 26 heavy (non-hydrogen) atoms. The first-order valence-electron chi connectivity index (χ1n) is 7.55. The summed E-state index contributed by atoms with van der Waals surface area (Å²) in [6, 6.07) is 10.4. The number of carbonyl (C=O) groups is 1. The van der Waals surface area contributed by atoms with Gasteiger partial charge < -0.3 is 0 Å². The molecule has 3 nitrogen and oxygen atoms in total. The number of carbonyl (C=O) groups excluding carboxylic acids is 1. The molecule has 0 aliphatic heterocycles. The molecule has 0 atom stereocenters. The Morgan fingerprint density at radius 3 is 2.65 bits per heavy atom. The zero-order chi connectivity index (χ0) is 18.5. The summed E-state index contributed by atoms with van der Waals surface area (Å²) in [6.45, 7) is 0. The Kier molecular flexibility index (Phi) is 6.24. The summed E-state index contributed by atoms with van der Waals surface area (Å²) in [6.07, 6.45) is 0. The van der Waals surface area contributed by atoms with Gasteiger partial charge in [-0.15, -0.1) is 11.3 Å². The Morgan fingerprint density at radius 1 is 1.15 bits per heavy atom. The predicted octanol–water partition coefficient (Wildman–Crippen LogP) is 5.76. The van der Waals surface area contributed by atoms with Crippen molar-refractivity contribution in [3.63, 3.8) is 0 Å². The van der Waals surface area contributed by atoms with E-state index < -0.39 is 11.7 Å². The summed E-state index contributed by atoms with van der Waals surface area (Å²) in [7, 11) is 0. The van der Waals surface area contributed by atoms with E-state index in [1.165, 1.54) is 41.7 Å². The molecule has 0 saturated carbocycles. The summed E-state index contributed by atoms with van der Waals surface area (Å²) in [5, 5.41) is 4.83. The first-order chi connectivity index (χ1) is 12.5. The van der Waals surface area contributed by atoms with E-state index in [1.54, 1.807) is 23.9 Å². The third-order valence-electron chi connectivity index (χ3n) is 3.39. The van der Waals surface area contributed by atoms with Gasteiger partial charge in [-0.3, -0.25) is 10.1 Å². The van der Waals surface area contributed by atoms with Crippen LogP contribution in [-0.4, -0.2) is 10.9 Å². The van der Waals surface area contributed by atoms with Gasteiger partial charge in [0.1, 0.15) is 11.6 Å². The number of halogens is 3. The van der Waals surface area contributed by atoms with Crippen LogP contribution in [0.15, 0.2) is 47.8 Å². The van der Waals surface area contributed by atoms with Crippen molar-refractivity contribution in [2.45, 2.75) is 11.5 Å². The molecule has 0 spiro atoms. The van der Waals surface area contributed by atoms with E-state index in [9.17, 15) is 13.6 Å². The summed E-state index contributed by atoms with van der Waals surface area (Å²) in [4.78, 5) is 16.5. The van der Waals surface area contributed by atoms with Gasteiger partial charge in [0.2, 0.25) is 0 Å². The number of hydrogen-bond acceptors (Lipinski definition) is 4. The van der Waals surface area contributed by atoms with Crippen molar-refractivity contribution in [3.8, 4) is 0 Å².